The molecule has 1 aromatic heterocycles. The lowest BCUT2D eigenvalue weighted by Crippen LogP contribution is -2.16. The van der Waals surface area contributed by atoms with E-state index in [2.05, 4.69) is 14.8 Å². The van der Waals surface area contributed by atoms with E-state index in [0.717, 1.165) is 53.1 Å². The molecule has 0 bridgehead atoms. The SMILES string of the molecule is COc1ccc(-c2nnc(SCc3cc(C(C)=O)ccc3OC)n2C[C@@H]2CCCO2)cc1. The van der Waals surface area contributed by atoms with E-state index in [-0.39, 0.29) is 11.9 Å². The average Bonchev–Trinajstić information content (AvgIpc) is 3.48. The van der Waals surface area contributed by atoms with Gasteiger partial charge in [-0.2, -0.15) is 0 Å². The molecular weight excluding hydrogens is 426 g/mol. The molecule has 8 heteroatoms. The maximum absolute atomic E-state index is 11.8. The van der Waals surface area contributed by atoms with Crippen molar-refractivity contribution >= 4 is 17.5 Å². The number of ether oxygens (including phenoxy) is 3. The van der Waals surface area contributed by atoms with Crippen LogP contribution in [0.15, 0.2) is 47.6 Å². The molecule has 1 aliphatic heterocycles. The molecule has 1 fully saturated rings. The standard InChI is InChI=1S/C24H27N3O4S/c1-16(28)18-8-11-22(30-3)19(13-18)15-32-24-26-25-23(17-6-9-20(29-2)10-7-17)27(24)14-21-5-4-12-31-21/h6-11,13,21H,4-5,12,14-15H2,1-3H3/t21-/m0/s1. The minimum atomic E-state index is 0.0299. The summed E-state index contributed by atoms with van der Waals surface area (Å²) < 4.78 is 18.8. The first kappa shape index (κ1) is 22.4. The van der Waals surface area contributed by atoms with Gasteiger partial charge in [-0.3, -0.25) is 9.36 Å². The Morgan fingerprint density at radius 1 is 1.16 bits per heavy atom. The molecule has 2 heterocycles. The Kier molecular flexibility index (Phi) is 7.12. The highest BCUT2D eigenvalue weighted by Gasteiger charge is 2.22. The molecule has 0 aliphatic carbocycles. The molecule has 0 amide bonds. The molecule has 168 valence electrons. The first-order valence-electron chi connectivity index (χ1n) is 10.6. The second kappa shape index (κ2) is 10.2. The molecule has 3 aromatic rings. The van der Waals surface area contributed by atoms with Gasteiger partial charge in [0.25, 0.3) is 0 Å². The molecule has 0 unspecified atom stereocenters. The molecule has 1 aliphatic rings. The predicted molar refractivity (Wildman–Crippen MR) is 124 cm³/mol. The first-order valence-corrected chi connectivity index (χ1v) is 11.6. The van der Waals surface area contributed by atoms with Gasteiger partial charge in [0.2, 0.25) is 0 Å². The fraction of sp³-hybridized carbons (Fsp3) is 0.375. The molecule has 1 atom stereocenters. The number of carbonyl (C=O) groups is 1. The number of carbonyl (C=O) groups excluding carboxylic acids is 1. The number of benzene rings is 2. The van der Waals surface area contributed by atoms with Crippen molar-refractivity contribution in [3.05, 3.63) is 53.6 Å². The third-order valence-electron chi connectivity index (χ3n) is 5.52. The largest absolute Gasteiger partial charge is 0.497 e. The Balaban J connectivity index is 1.62. The number of thioether (sulfide) groups is 1. The van der Waals surface area contributed by atoms with E-state index in [0.29, 0.717) is 17.9 Å². The summed E-state index contributed by atoms with van der Waals surface area (Å²) in [6.45, 7) is 3.06. The Bertz CT molecular complexity index is 1080. The van der Waals surface area contributed by atoms with E-state index in [1.54, 1.807) is 39.0 Å². The van der Waals surface area contributed by atoms with Crippen molar-refractivity contribution in [2.75, 3.05) is 20.8 Å². The molecule has 32 heavy (non-hydrogen) atoms. The maximum atomic E-state index is 11.8. The molecule has 0 radical (unpaired) electrons. The summed E-state index contributed by atoms with van der Waals surface area (Å²) in [7, 11) is 3.29. The van der Waals surface area contributed by atoms with Gasteiger partial charge in [0.1, 0.15) is 11.5 Å². The van der Waals surface area contributed by atoms with Gasteiger partial charge < -0.3 is 14.2 Å². The Morgan fingerprint density at radius 3 is 2.62 bits per heavy atom. The molecule has 0 spiro atoms. The molecule has 2 aromatic carbocycles. The summed E-state index contributed by atoms with van der Waals surface area (Å²) in [6.07, 6.45) is 2.25. The van der Waals surface area contributed by atoms with E-state index >= 15 is 0 Å². The van der Waals surface area contributed by atoms with E-state index in [4.69, 9.17) is 14.2 Å². The van der Waals surface area contributed by atoms with Gasteiger partial charge in [-0.25, -0.2) is 0 Å². The van der Waals surface area contributed by atoms with Crippen LogP contribution in [0.4, 0.5) is 0 Å². The zero-order chi connectivity index (χ0) is 22.5. The number of rotatable bonds is 9. The van der Waals surface area contributed by atoms with Crippen LogP contribution >= 0.6 is 11.8 Å². The van der Waals surface area contributed by atoms with Crippen LogP contribution in [0.25, 0.3) is 11.4 Å². The number of hydrogen-bond acceptors (Lipinski definition) is 7. The summed E-state index contributed by atoms with van der Waals surface area (Å²) in [4.78, 5) is 11.8. The average molecular weight is 454 g/mol. The van der Waals surface area contributed by atoms with Gasteiger partial charge in [0.15, 0.2) is 16.8 Å². The summed E-state index contributed by atoms with van der Waals surface area (Å²) >= 11 is 1.57. The molecule has 0 N–H and O–H groups in total. The van der Waals surface area contributed by atoms with E-state index in [1.807, 2.05) is 36.4 Å². The van der Waals surface area contributed by atoms with Crippen molar-refractivity contribution < 1.29 is 19.0 Å². The van der Waals surface area contributed by atoms with Gasteiger partial charge in [-0.05, 0) is 62.2 Å². The molecule has 0 saturated carbocycles. The highest BCUT2D eigenvalue weighted by atomic mass is 32.2. The summed E-state index contributed by atoms with van der Waals surface area (Å²) in [5, 5.41) is 9.79. The van der Waals surface area contributed by atoms with Crippen LogP contribution in [-0.4, -0.2) is 47.5 Å². The molecular formula is C24H27N3O4S. The Labute approximate surface area is 192 Å². The smallest absolute Gasteiger partial charge is 0.191 e. The minimum absolute atomic E-state index is 0.0299. The van der Waals surface area contributed by atoms with Crippen molar-refractivity contribution in [2.45, 2.75) is 43.3 Å². The van der Waals surface area contributed by atoms with Crippen LogP contribution in [0.1, 0.15) is 35.7 Å². The lowest BCUT2D eigenvalue weighted by atomic mass is 10.1. The van der Waals surface area contributed by atoms with Gasteiger partial charge in [-0.1, -0.05) is 11.8 Å². The van der Waals surface area contributed by atoms with Crippen molar-refractivity contribution in [3.8, 4) is 22.9 Å². The third kappa shape index (κ3) is 4.97. The van der Waals surface area contributed by atoms with Crippen molar-refractivity contribution in [1.82, 2.24) is 14.8 Å². The third-order valence-corrected chi connectivity index (χ3v) is 6.53. The highest BCUT2D eigenvalue weighted by Crippen LogP contribution is 2.32. The fourth-order valence-electron chi connectivity index (χ4n) is 3.76. The lowest BCUT2D eigenvalue weighted by molar-refractivity contribution is 0.0953. The summed E-state index contributed by atoms with van der Waals surface area (Å²) in [6, 6.07) is 13.3. The van der Waals surface area contributed by atoms with Crippen molar-refractivity contribution in [1.29, 1.82) is 0 Å². The number of ketones is 1. The topological polar surface area (TPSA) is 75.5 Å². The predicted octanol–water partition coefficient (Wildman–Crippen LogP) is 4.64. The van der Waals surface area contributed by atoms with Gasteiger partial charge in [0.05, 0.1) is 26.9 Å². The van der Waals surface area contributed by atoms with Crippen molar-refractivity contribution in [3.63, 3.8) is 0 Å². The molecule has 1 saturated heterocycles. The van der Waals surface area contributed by atoms with Gasteiger partial charge in [-0.15, -0.1) is 10.2 Å². The van der Waals surface area contributed by atoms with Crippen molar-refractivity contribution in [2.24, 2.45) is 0 Å². The number of methoxy groups -OCH3 is 2. The monoisotopic (exact) mass is 453 g/mol. The number of Topliss-reactive ketones (excluding diaryl/α,β-unsaturated/α-hetero) is 1. The highest BCUT2D eigenvalue weighted by molar-refractivity contribution is 7.98. The zero-order valence-corrected chi connectivity index (χ0v) is 19.4. The second-order valence-corrected chi connectivity index (χ2v) is 8.59. The normalized spacial score (nSPS) is 15.7. The number of aromatic nitrogens is 3. The van der Waals surface area contributed by atoms with Gasteiger partial charge >= 0.3 is 0 Å². The quantitative estimate of drug-likeness (QED) is 0.345. The molecule has 4 rings (SSSR count). The van der Waals surface area contributed by atoms with Crippen LogP contribution in [0.5, 0.6) is 11.5 Å². The molecule has 7 nitrogen and oxygen atoms in total. The fourth-order valence-corrected chi connectivity index (χ4v) is 4.68. The summed E-state index contributed by atoms with van der Waals surface area (Å²) in [5.74, 6) is 2.99. The van der Waals surface area contributed by atoms with Crippen LogP contribution in [0, 0.1) is 0 Å². The minimum Gasteiger partial charge on any atom is -0.497 e. The zero-order valence-electron chi connectivity index (χ0n) is 18.5. The maximum Gasteiger partial charge on any atom is 0.191 e. The van der Waals surface area contributed by atoms with Crippen LogP contribution in [0.3, 0.4) is 0 Å². The van der Waals surface area contributed by atoms with E-state index in [9.17, 15) is 4.79 Å². The van der Waals surface area contributed by atoms with Crippen LogP contribution in [-0.2, 0) is 17.0 Å². The number of nitrogens with zero attached hydrogens (tertiary/aromatic N) is 3. The van der Waals surface area contributed by atoms with E-state index < -0.39 is 0 Å². The van der Waals surface area contributed by atoms with Crippen LogP contribution < -0.4 is 9.47 Å². The lowest BCUT2D eigenvalue weighted by Gasteiger charge is -2.15. The van der Waals surface area contributed by atoms with Crippen LogP contribution in [0.2, 0.25) is 0 Å². The summed E-state index contributed by atoms with van der Waals surface area (Å²) in [5.41, 5.74) is 2.59. The van der Waals surface area contributed by atoms with E-state index in [1.165, 1.54) is 0 Å². The first-order chi connectivity index (χ1) is 15.6. The second-order valence-electron chi connectivity index (χ2n) is 7.65. The number of hydrogen-bond donors (Lipinski definition) is 0. The Hall–Kier alpha value is -2.84. The van der Waals surface area contributed by atoms with Gasteiger partial charge in [0, 0.05) is 29.1 Å². The Morgan fingerprint density at radius 2 is 1.97 bits per heavy atom.